The van der Waals surface area contributed by atoms with E-state index in [4.69, 9.17) is 30.8 Å². The Morgan fingerprint density at radius 2 is 1.88 bits per heavy atom. The maximum atomic E-state index is 12.7. The highest BCUT2D eigenvalue weighted by atomic mass is 35.5. The van der Waals surface area contributed by atoms with Crippen LogP contribution in [0.25, 0.3) is 11.4 Å². The predicted octanol–water partition coefficient (Wildman–Crippen LogP) is 4.80. The fraction of sp³-hybridized carbons (Fsp3) is 0.333. The number of halogens is 1. The predicted molar refractivity (Wildman–Crippen MR) is 126 cm³/mol. The second kappa shape index (κ2) is 12.1. The number of hydrogen-bond donors (Lipinski definition) is 0. The first-order valence-electron chi connectivity index (χ1n) is 10.8. The Hall–Kier alpha value is -3.23. The Balaban J connectivity index is 0.00000149. The van der Waals surface area contributed by atoms with Gasteiger partial charge < -0.3 is 19.1 Å². The molecule has 2 aromatic heterocycles. The van der Waals surface area contributed by atoms with Gasteiger partial charge in [0.15, 0.2) is 5.82 Å². The molecule has 0 atom stereocenters. The number of carbonyl (C=O) groups excluding carboxylic acids is 1. The van der Waals surface area contributed by atoms with Gasteiger partial charge in [-0.1, -0.05) is 43.6 Å². The molecule has 1 aliphatic rings. The summed E-state index contributed by atoms with van der Waals surface area (Å²) in [6, 6.07) is 12.5. The molecule has 1 aliphatic heterocycles. The fourth-order valence-corrected chi connectivity index (χ4v) is 3.28. The summed E-state index contributed by atoms with van der Waals surface area (Å²) in [6.07, 6.45) is 1.75. The lowest BCUT2D eigenvalue weighted by Gasteiger charge is -2.28. The van der Waals surface area contributed by atoms with Crippen molar-refractivity contribution < 1.29 is 19.0 Å². The summed E-state index contributed by atoms with van der Waals surface area (Å²) in [5, 5.41) is 0.394. The van der Waals surface area contributed by atoms with Crippen molar-refractivity contribution in [2.75, 3.05) is 26.9 Å². The third-order valence-corrected chi connectivity index (χ3v) is 4.96. The molecule has 0 N–H and O–H groups in total. The number of rotatable bonds is 6. The number of amides is 1. The SMILES string of the molecule is CC.COCCOc1nc(-c2ccc(Cl)nc2)nc2c1CN(C(=O)Oc1ccccc1)CC2. The van der Waals surface area contributed by atoms with E-state index in [1.807, 2.05) is 38.1 Å². The third kappa shape index (κ3) is 6.40. The molecule has 0 fully saturated rings. The smallest absolute Gasteiger partial charge is 0.415 e. The third-order valence-electron chi connectivity index (χ3n) is 4.74. The van der Waals surface area contributed by atoms with Crippen molar-refractivity contribution in [2.45, 2.75) is 26.8 Å². The first-order valence-corrected chi connectivity index (χ1v) is 11.2. The summed E-state index contributed by atoms with van der Waals surface area (Å²) < 4.78 is 16.4. The average molecular weight is 471 g/mol. The highest BCUT2D eigenvalue weighted by Gasteiger charge is 2.28. The second-order valence-electron chi connectivity index (χ2n) is 6.84. The molecule has 1 amide bonds. The molecule has 9 heteroatoms. The number of nitrogens with zero attached hydrogens (tertiary/aromatic N) is 4. The Morgan fingerprint density at radius 3 is 2.58 bits per heavy atom. The van der Waals surface area contributed by atoms with Crippen LogP contribution < -0.4 is 9.47 Å². The zero-order valence-corrected chi connectivity index (χ0v) is 19.7. The van der Waals surface area contributed by atoms with Crippen molar-refractivity contribution >= 4 is 17.7 Å². The zero-order valence-electron chi connectivity index (χ0n) is 19.0. The molecule has 0 bridgehead atoms. The van der Waals surface area contributed by atoms with Gasteiger partial charge in [-0.2, -0.15) is 4.98 Å². The molecule has 3 aromatic rings. The Labute approximate surface area is 198 Å². The molecular weight excluding hydrogens is 444 g/mol. The van der Waals surface area contributed by atoms with Crippen molar-refractivity contribution in [1.29, 1.82) is 0 Å². The van der Waals surface area contributed by atoms with Gasteiger partial charge in [0.25, 0.3) is 0 Å². The zero-order chi connectivity index (χ0) is 23.6. The van der Waals surface area contributed by atoms with Gasteiger partial charge in [-0.05, 0) is 24.3 Å². The highest BCUT2D eigenvalue weighted by molar-refractivity contribution is 6.29. The van der Waals surface area contributed by atoms with E-state index in [1.165, 1.54) is 0 Å². The van der Waals surface area contributed by atoms with Crippen LogP contribution in [-0.4, -0.2) is 52.8 Å². The Morgan fingerprint density at radius 1 is 1.09 bits per heavy atom. The summed E-state index contributed by atoms with van der Waals surface area (Å²) in [5.41, 5.74) is 2.32. The molecule has 0 radical (unpaired) electrons. The number of aromatic nitrogens is 3. The summed E-state index contributed by atoms with van der Waals surface area (Å²) in [4.78, 5) is 27.7. The van der Waals surface area contributed by atoms with E-state index in [0.717, 1.165) is 16.8 Å². The number of pyridine rings is 1. The number of para-hydroxylation sites is 1. The van der Waals surface area contributed by atoms with Crippen LogP contribution in [0.5, 0.6) is 11.6 Å². The molecule has 1 aromatic carbocycles. The topological polar surface area (TPSA) is 86.7 Å². The van der Waals surface area contributed by atoms with Gasteiger partial charge in [-0.25, -0.2) is 14.8 Å². The molecule has 174 valence electrons. The summed E-state index contributed by atoms with van der Waals surface area (Å²) in [6.45, 7) is 5.51. The number of benzene rings is 1. The van der Waals surface area contributed by atoms with E-state index in [9.17, 15) is 4.79 Å². The minimum absolute atomic E-state index is 0.294. The van der Waals surface area contributed by atoms with E-state index >= 15 is 0 Å². The van der Waals surface area contributed by atoms with Crippen molar-refractivity contribution in [3.63, 3.8) is 0 Å². The van der Waals surface area contributed by atoms with Crippen molar-refractivity contribution in [3.05, 3.63) is 65.1 Å². The van der Waals surface area contributed by atoms with E-state index in [-0.39, 0.29) is 0 Å². The van der Waals surface area contributed by atoms with Gasteiger partial charge in [0.2, 0.25) is 5.88 Å². The molecule has 0 saturated carbocycles. The Bertz CT molecular complexity index is 1050. The molecule has 4 rings (SSSR count). The van der Waals surface area contributed by atoms with Gasteiger partial charge >= 0.3 is 6.09 Å². The normalized spacial score (nSPS) is 12.3. The average Bonchev–Trinajstić information content (AvgIpc) is 2.86. The molecule has 33 heavy (non-hydrogen) atoms. The van der Waals surface area contributed by atoms with Crippen LogP contribution >= 0.6 is 11.6 Å². The lowest BCUT2D eigenvalue weighted by Crippen LogP contribution is -2.38. The number of ether oxygens (including phenoxy) is 3. The van der Waals surface area contributed by atoms with Crippen LogP contribution in [0.15, 0.2) is 48.7 Å². The number of fused-ring (bicyclic) bond motifs is 1. The largest absolute Gasteiger partial charge is 0.475 e. The molecule has 0 spiro atoms. The van der Waals surface area contributed by atoms with Crippen LogP contribution in [-0.2, 0) is 17.7 Å². The van der Waals surface area contributed by atoms with E-state index in [0.29, 0.717) is 55.3 Å². The van der Waals surface area contributed by atoms with Crippen molar-refractivity contribution in [2.24, 2.45) is 0 Å². The lowest BCUT2D eigenvalue weighted by atomic mass is 10.1. The maximum absolute atomic E-state index is 12.7. The van der Waals surface area contributed by atoms with Crippen LogP contribution in [0.2, 0.25) is 5.15 Å². The standard InChI is InChI=1S/C22H21ClN4O4.C2H6/c1-29-11-12-30-21-17-14-27(22(28)31-16-5-3-2-4-6-16)10-9-18(17)25-20(26-21)15-7-8-19(23)24-13-15;1-2/h2-8,13H,9-12,14H2,1H3;1-2H3. The number of methoxy groups -OCH3 is 1. The van der Waals surface area contributed by atoms with E-state index in [1.54, 1.807) is 36.4 Å². The minimum atomic E-state index is -0.425. The second-order valence-corrected chi connectivity index (χ2v) is 7.23. The quantitative estimate of drug-likeness (QED) is 0.377. The van der Waals surface area contributed by atoms with Crippen LogP contribution in [0.3, 0.4) is 0 Å². The van der Waals surface area contributed by atoms with Gasteiger partial charge in [-0.3, -0.25) is 0 Å². The van der Waals surface area contributed by atoms with Crippen LogP contribution in [0.1, 0.15) is 25.1 Å². The van der Waals surface area contributed by atoms with Crippen molar-refractivity contribution in [3.8, 4) is 23.0 Å². The van der Waals surface area contributed by atoms with Gasteiger partial charge in [0.1, 0.15) is 17.5 Å². The van der Waals surface area contributed by atoms with Gasteiger partial charge in [-0.15, -0.1) is 0 Å². The maximum Gasteiger partial charge on any atom is 0.415 e. The van der Waals surface area contributed by atoms with Gasteiger partial charge in [0, 0.05) is 31.8 Å². The van der Waals surface area contributed by atoms with Crippen LogP contribution in [0.4, 0.5) is 4.79 Å². The number of hydrogen-bond acceptors (Lipinski definition) is 7. The van der Waals surface area contributed by atoms with Crippen molar-refractivity contribution in [1.82, 2.24) is 19.9 Å². The molecular formula is C24H27ClN4O4. The van der Waals surface area contributed by atoms with Crippen LogP contribution in [0, 0.1) is 0 Å². The highest BCUT2D eigenvalue weighted by Crippen LogP contribution is 2.29. The monoisotopic (exact) mass is 470 g/mol. The first-order chi connectivity index (χ1) is 16.1. The first kappa shape index (κ1) is 24.4. The minimum Gasteiger partial charge on any atom is -0.475 e. The molecule has 3 heterocycles. The van der Waals surface area contributed by atoms with E-state index in [2.05, 4.69) is 9.97 Å². The number of carbonyl (C=O) groups is 1. The lowest BCUT2D eigenvalue weighted by molar-refractivity contribution is 0.136. The molecule has 0 unspecified atom stereocenters. The molecule has 0 aliphatic carbocycles. The Kier molecular flexibility index (Phi) is 8.97. The molecule has 8 nitrogen and oxygen atoms in total. The fourth-order valence-electron chi connectivity index (χ4n) is 3.17. The summed E-state index contributed by atoms with van der Waals surface area (Å²) in [5.74, 6) is 1.41. The molecule has 0 saturated heterocycles. The summed E-state index contributed by atoms with van der Waals surface area (Å²) in [7, 11) is 1.60. The van der Waals surface area contributed by atoms with Gasteiger partial charge in [0.05, 0.1) is 24.4 Å². The summed E-state index contributed by atoms with van der Waals surface area (Å²) >= 11 is 5.89. The van der Waals surface area contributed by atoms with E-state index < -0.39 is 6.09 Å².